The van der Waals surface area contributed by atoms with Gasteiger partial charge in [-0.05, 0) is 92.7 Å². The van der Waals surface area contributed by atoms with Crippen LogP contribution in [0.25, 0.3) is 65.4 Å². The summed E-state index contributed by atoms with van der Waals surface area (Å²) in [6, 6.07) is 58.6. The van der Waals surface area contributed by atoms with Crippen molar-refractivity contribution in [3.05, 3.63) is 164 Å². The lowest BCUT2D eigenvalue weighted by Crippen LogP contribution is -2.10. The summed E-state index contributed by atoms with van der Waals surface area (Å²) in [6.45, 7) is 0. The molecule has 0 saturated carbocycles. The molecule has 2 nitrogen and oxygen atoms in total. The van der Waals surface area contributed by atoms with Crippen LogP contribution in [0.3, 0.4) is 0 Å². The molecular weight excluding hydrogens is 534 g/mol. The van der Waals surface area contributed by atoms with E-state index in [1.165, 1.54) is 32.7 Å². The summed E-state index contributed by atoms with van der Waals surface area (Å²) in [5.74, 6) is 0. The molecule has 8 aromatic carbocycles. The number of hydrogen-bond donors (Lipinski definition) is 0. The van der Waals surface area contributed by atoms with E-state index < -0.39 is 0 Å². The van der Waals surface area contributed by atoms with E-state index in [4.69, 9.17) is 4.42 Å². The predicted molar refractivity (Wildman–Crippen MR) is 186 cm³/mol. The molecule has 0 spiro atoms. The largest absolute Gasteiger partial charge is 0.455 e. The number of nitrogens with zero attached hydrogens (tertiary/aromatic N) is 1. The third-order valence-corrected chi connectivity index (χ3v) is 8.82. The number of anilines is 3. The zero-order valence-corrected chi connectivity index (χ0v) is 23.9. The minimum atomic E-state index is 0.919. The van der Waals surface area contributed by atoms with Crippen molar-refractivity contribution in [2.75, 3.05) is 4.90 Å². The molecule has 0 saturated heterocycles. The van der Waals surface area contributed by atoms with Crippen molar-refractivity contribution in [2.45, 2.75) is 0 Å². The molecule has 9 rings (SSSR count). The Labute approximate surface area is 255 Å². The Kier molecular flexibility index (Phi) is 5.54. The third-order valence-electron chi connectivity index (χ3n) is 8.82. The Morgan fingerprint density at radius 2 is 0.932 bits per heavy atom. The second-order valence-corrected chi connectivity index (χ2v) is 11.4. The topological polar surface area (TPSA) is 16.4 Å². The molecule has 0 bridgehead atoms. The third kappa shape index (κ3) is 3.96. The average Bonchev–Trinajstić information content (AvgIpc) is 3.48. The molecular formula is C42H27NO. The molecule has 206 valence electrons. The molecule has 0 N–H and O–H groups in total. The first-order valence-corrected chi connectivity index (χ1v) is 15.0. The molecule has 0 aliphatic heterocycles. The van der Waals surface area contributed by atoms with Crippen LogP contribution in [0.4, 0.5) is 17.1 Å². The SMILES string of the molecule is c1ccc(-c2ccc(N(c3ccc4c(ccc5c6ccccc6oc45)c3)c3ccc4ccc5ccccc5c4c3)cc2)cc1. The maximum Gasteiger partial charge on any atom is 0.143 e. The first kappa shape index (κ1) is 24.7. The Morgan fingerprint density at radius 3 is 1.80 bits per heavy atom. The summed E-state index contributed by atoms with van der Waals surface area (Å²) in [5.41, 5.74) is 7.58. The highest BCUT2D eigenvalue weighted by Crippen LogP contribution is 2.41. The number of hydrogen-bond acceptors (Lipinski definition) is 2. The highest BCUT2D eigenvalue weighted by atomic mass is 16.3. The summed E-state index contributed by atoms with van der Waals surface area (Å²) in [4.78, 5) is 2.36. The standard InChI is InChI=1S/C42H27NO/c1-2-8-28(9-3-1)29-16-20-33(21-17-29)43(35-22-18-31-15-14-30-10-4-5-11-36(30)40(31)27-35)34-23-25-37-32(26-34)19-24-39-38-12-6-7-13-41(38)44-42(37)39/h1-27H. The van der Waals surface area contributed by atoms with Crippen LogP contribution in [0, 0.1) is 0 Å². The molecule has 2 heteroatoms. The highest BCUT2D eigenvalue weighted by Gasteiger charge is 2.17. The van der Waals surface area contributed by atoms with E-state index in [1.807, 2.05) is 12.1 Å². The summed E-state index contributed by atoms with van der Waals surface area (Å²) in [6.07, 6.45) is 0. The van der Waals surface area contributed by atoms with Crippen LogP contribution in [-0.2, 0) is 0 Å². The fourth-order valence-electron chi connectivity index (χ4n) is 6.65. The quantitative estimate of drug-likeness (QED) is 0.199. The van der Waals surface area contributed by atoms with Crippen molar-refractivity contribution in [1.82, 2.24) is 0 Å². The van der Waals surface area contributed by atoms with Crippen molar-refractivity contribution in [3.63, 3.8) is 0 Å². The zero-order chi connectivity index (χ0) is 29.0. The number of para-hydroxylation sites is 1. The van der Waals surface area contributed by atoms with Crippen LogP contribution in [-0.4, -0.2) is 0 Å². The summed E-state index contributed by atoms with van der Waals surface area (Å²) in [5, 5.41) is 9.55. The first-order valence-electron chi connectivity index (χ1n) is 15.0. The van der Waals surface area contributed by atoms with Gasteiger partial charge in [-0.2, -0.15) is 0 Å². The molecule has 0 fully saturated rings. The fourth-order valence-corrected chi connectivity index (χ4v) is 6.65. The van der Waals surface area contributed by atoms with E-state index in [-0.39, 0.29) is 0 Å². The Morgan fingerprint density at radius 1 is 0.341 bits per heavy atom. The van der Waals surface area contributed by atoms with Gasteiger partial charge < -0.3 is 9.32 Å². The van der Waals surface area contributed by atoms with Crippen molar-refractivity contribution in [3.8, 4) is 11.1 Å². The van der Waals surface area contributed by atoms with Crippen molar-refractivity contribution >= 4 is 71.3 Å². The van der Waals surface area contributed by atoms with Gasteiger partial charge in [0.1, 0.15) is 11.2 Å². The zero-order valence-electron chi connectivity index (χ0n) is 23.9. The maximum atomic E-state index is 6.37. The molecule has 0 aliphatic carbocycles. The first-order chi connectivity index (χ1) is 21.8. The van der Waals surface area contributed by atoms with Gasteiger partial charge in [-0.15, -0.1) is 0 Å². The Bertz CT molecular complexity index is 2490. The predicted octanol–water partition coefficient (Wildman–Crippen LogP) is 12.2. The molecule has 0 unspecified atom stereocenters. The lowest BCUT2D eigenvalue weighted by Gasteiger charge is -2.26. The van der Waals surface area contributed by atoms with E-state index in [0.29, 0.717) is 0 Å². The van der Waals surface area contributed by atoms with Crippen LogP contribution in [0.15, 0.2) is 168 Å². The molecule has 44 heavy (non-hydrogen) atoms. The van der Waals surface area contributed by atoms with Gasteiger partial charge in [0.25, 0.3) is 0 Å². The fraction of sp³-hybridized carbons (Fsp3) is 0. The van der Waals surface area contributed by atoms with E-state index in [0.717, 1.165) is 49.8 Å². The molecule has 0 atom stereocenters. The highest BCUT2D eigenvalue weighted by molar-refractivity contribution is 6.15. The molecule has 0 amide bonds. The lowest BCUT2D eigenvalue weighted by atomic mass is 10.00. The van der Waals surface area contributed by atoms with E-state index in [9.17, 15) is 0 Å². The second-order valence-electron chi connectivity index (χ2n) is 11.4. The number of benzene rings is 8. The van der Waals surface area contributed by atoms with Crippen molar-refractivity contribution in [2.24, 2.45) is 0 Å². The van der Waals surface area contributed by atoms with Crippen LogP contribution in [0.5, 0.6) is 0 Å². The van der Waals surface area contributed by atoms with Crippen LogP contribution < -0.4 is 4.90 Å². The van der Waals surface area contributed by atoms with E-state index in [1.54, 1.807) is 0 Å². The van der Waals surface area contributed by atoms with Gasteiger partial charge in [0.15, 0.2) is 0 Å². The molecule has 0 radical (unpaired) electrons. The number of rotatable bonds is 4. The second kappa shape index (κ2) is 9.86. The van der Waals surface area contributed by atoms with E-state index in [2.05, 4.69) is 157 Å². The average molecular weight is 562 g/mol. The van der Waals surface area contributed by atoms with E-state index >= 15 is 0 Å². The van der Waals surface area contributed by atoms with Crippen LogP contribution in [0.2, 0.25) is 0 Å². The Hall–Kier alpha value is -5.86. The van der Waals surface area contributed by atoms with Gasteiger partial charge in [-0.1, -0.05) is 109 Å². The van der Waals surface area contributed by atoms with Gasteiger partial charge in [0, 0.05) is 33.2 Å². The minimum absolute atomic E-state index is 0.919. The monoisotopic (exact) mass is 561 g/mol. The van der Waals surface area contributed by atoms with Gasteiger partial charge in [0.05, 0.1) is 0 Å². The van der Waals surface area contributed by atoms with Crippen LogP contribution >= 0.6 is 0 Å². The molecule has 1 aromatic heterocycles. The number of fused-ring (bicyclic) bond motifs is 8. The van der Waals surface area contributed by atoms with Crippen molar-refractivity contribution in [1.29, 1.82) is 0 Å². The normalized spacial score (nSPS) is 11.6. The molecule has 0 aliphatic rings. The lowest BCUT2D eigenvalue weighted by molar-refractivity contribution is 0.672. The van der Waals surface area contributed by atoms with Gasteiger partial charge in [-0.3, -0.25) is 0 Å². The summed E-state index contributed by atoms with van der Waals surface area (Å²) >= 11 is 0. The molecule has 1 heterocycles. The van der Waals surface area contributed by atoms with Crippen molar-refractivity contribution < 1.29 is 4.42 Å². The molecule has 9 aromatic rings. The minimum Gasteiger partial charge on any atom is -0.455 e. The van der Waals surface area contributed by atoms with Gasteiger partial charge in [0.2, 0.25) is 0 Å². The van der Waals surface area contributed by atoms with Gasteiger partial charge >= 0.3 is 0 Å². The smallest absolute Gasteiger partial charge is 0.143 e. The number of furan rings is 1. The summed E-state index contributed by atoms with van der Waals surface area (Å²) in [7, 11) is 0. The van der Waals surface area contributed by atoms with Crippen LogP contribution in [0.1, 0.15) is 0 Å². The summed E-state index contributed by atoms with van der Waals surface area (Å²) < 4.78 is 6.37. The van der Waals surface area contributed by atoms with Gasteiger partial charge in [-0.25, -0.2) is 0 Å². The Balaban J connectivity index is 1.24. The maximum absolute atomic E-state index is 6.37.